The van der Waals surface area contributed by atoms with Crippen LogP contribution in [-0.2, 0) is 19.6 Å². The summed E-state index contributed by atoms with van der Waals surface area (Å²) in [5.41, 5.74) is 10.8. The first-order valence-corrected chi connectivity index (χ1v) is 11.3. The topological polar surface area (TPSA) is 92.0 Å². The average molecular weight is 423 g/mol. The van der Waals surface area contributed by atoms with E-state index in [1.54, 1.807) is 0 Å². The number of hydrogen-bond donors (Lipinski definition) is 3. The zero-order valence-electron chi connectivity index (χ0n) is 18.7. The molecule has 7 heteroatoms. The fourth-order valence-corrected chi connectivity index (χ4v) is 4.76. The van der Waals surface area contributed by atoms with Crippen molar-refractivity contribution in [3.8, 4) is 0 Å². The van der Waals surface area contributed by atoms with E-state index < -0.39 is 0 Å². The number of benzene rings is 1. The highest BCUT2D eigenvalue weighted by Crippen LogP contribution is 2.32. The number of likely N-dealkylation sites (N-methyl/N-ethyl adjacent to an activating group) is 1. The van der Waals surface area contributed by atoms with Crippen LogP contribution in [0.1, 0.15) is 54.1 Å². The molecule has 3 aromatic rings. The summed E-state index contributed by atoms with van der Waals surface area (Å²) in [5.74, 6) is 0. The van der Waals surface area contributed by atoms with Crippen LogP contribution in [0.2, 0.25) is 0 Å². The number of hydrogen-bond acceptors (Lipinski definition) is 5. The minimum Gasteiger partial charge on any atom is -0.329 e. The lowest BCUT2D eigenvalue weighted by molar-refractivity contribution is 0.334. The van der Waals surface area contributed by atoms with Gasteiger partial charge < -0.3 is 20.9 Å². The number of rotatable bonds is 9. The monoisotopic (exact) mass is 422 g/mol. The summed E-state index contributed by atoms with van der Waals surface area (Å²) in [4.78, 5) is 17.7. The molecule has 1 aromatic carbocycles. The zero-order valence-corrected chi connectivity index (χ0v) is 18.7. The molecule has 0 radical (unpaired) electrons. The van der Waals surface area contributed by atoms with Crippen LogP contribution in [0.5, 0.6) is 0 Å². The number of aryl methyl sites for hydroxylation is 1. The van der Waals surface area contributed by atoms with Gasteiger partial charge in [0.2, 0.25) is 0 Å². The normalized spacial score (nSPS) is 14.8. The molecular weight excluding hydrogens is 388 g/mol. The molecule has 2 aromatic heterocycles. The van der Waals surface area contributed by atoms with Crippen molar-refractivity contribution in [2.24, 2.45) is 5.73 Å². The Kier molecular flexibility index (Phi) is 6.85. The molecule has 0 bridgehead atoms. The quantitative estimate of drug-likeness (QED) is 0.493. The average Bonchev–Trinajstić information content (AvgIpc) is 3.39. The van der Waals surface area contributed by atoms with Crippen LogP contribution < -0.4 is 16.6 Å². The molecule has 4 rings (SSSR count). The van der Waals surface area contributed by atoms with Crippen molar-refractivity contribution in [1.29, 1.82) is 0 Å². The SMILES string of the molecule is Cc1cc(CN(C)CCN)c(CNCc2cccc3c2cnn3C2CCCC2)c(=O)[nH]1. The Morgan fingerprint density at radius 2 is 2.06 bits per heavy atom. The highest BCUT2D eigenvalue weighted by atomic mass is 16.1. The van der Waals surface area contributed by atoms with E-state index in [4.69, 9.17) is 10.8 Å². The number of H-pyrrole nitrogens is 1. The fourth-order valence-electron chi connectivity index (χ4n) is 4.76. The highest BCUT2D eigenvalue weighted by Gasteiger charge is 2.20. The molecule has 0 atom stereocenters. The third kappa shape index (κ3) is 4.89. The van der Waals surface area contributed by atoms with E-state index in [0.717, 1.165) is 23.4 Å². The van der Waals surface area contributed by atoms with Crippen LogP contribution in [0.25, 0.3) is 10.9 Å². The fraction of sp³-hybridized carbons (Fsp3) is 0.500. The Balaban J connectivity index is 1.49. The third-order valence-corrected chi connectivity index (χ3v) is 6.33. The molecule has 166 valence electrons. The zero-order chi connectivity index (χ0) is 21.8. The molecule has 4 N–H and O–H groups in total. The van der Waals surface area contributed by atoms with Gasteiger partial charge in [0.1, 0.15) is 0 Å². The molecule has 0 unspecified atom stereocenters. The van der Waals surface area contributed by atoms with Crippen molar-refractivity contribution in [1.82, 2.24) is 25.0 Å². The van der Waals surface area contributed by atoms with Crippen LogP contribution in [-0.4, -0.2) is 39.8 Å². The molecule has 1 saturated carbocycles. The maximum Gasteiger partial charge on any atom is 0.252 e. The van der Waals surface area contributed by atoms with Crippen molar-refractivity contribution in [3.63, 3.8) is 0 Å². The van der Waals surface area contributed by atoms with Gasteiger partial charge in [-0.05, 0) is 50.1 Å². The van der Waals surface area contributed by atoms with Crippen molar-refractivity contribution in [2.45, 2.75) is 58.3 Å². The number of fused-ring (bicyclic) bond motifs is 1. The van der Waals surface area contributed by atoms with Gasteiger partial charge >= 0.3 is 0 Å². The van der Waals surface area contributed by atoms with Crippen molar-refractivity contribution < 1.29 is 0 Å². The molecule has 1 aliphatic rings. The number of nitrogens with one attached hydrogen (secondary N) is 2. The van der Waals surface area contributed by atoms with E-state index >= 15 is 0 Å². The highest BCUT2D eigenvalue weighted by molar-refractivity contribution is 5.82. The lowest BCUT2D eigenvalue weighted by Crippen LogP contribution is -2.29. The number of aromatic nitrogens is 3. The number of pyridine rings is 1. The molecule has 0 amide bonds. The summed E-state index contributed by atoms with van der Waals surface area (Å²) >= 11 is 0. The van der Waals surface area contributed by atoms with Gasteiger partial charge in [-0.15, -0.1) is 0 Å². The van der Waals surface area contributed by atoms with Gasteiger partial charge in [-0.25, -0.2) is 0 Å². The van der Waals surface area contributed by atoms with Gasteiger partial charge in [0.15, 0.2) is 0 Å². The smallest absolute Gasteiger partial charge is 0.252 e. The number of aromatic amines is 1. The van der Waals surface area contributed by atoms with E-state index in [-0.39, 0.29) is 5.56 Å². The second-order valence-electron chi connectivity index (χ2n) is 8.79. The van der Waals surface area contributed by atoms with E-state index in [9.17, 15) is 4.79 Å². The van der Waals surface area contributed by atoms with Crippen LogP contribution in [0.4, 0.5) is 0 Å². The van der Waals surface area contributed by atoms with Crippen molar-refractivity contribution in [3.05, 3.63) is 63.2 Å². The van der Waals surface area contributed by atoms with E-state index in [0.29, 0.717) is 32.2 Å². The summed E-state index contributed by atoms with van der Waals surface area (Å²) in [6.45, 7) is 5.25. The summed E-state index contributed by atoms with van der Waals surface area (Å²) in [5, 5.41) is 9.40. The van der Waals surface area contributed by atoms with Gasteiger partial charge in [0.05, 0.1) is 17.8 Å². The first kappa shape index (κ1) is 21.7. The van der Waals surface area contributed by atoms with Gasteiger partial charge in [-0.3, -0.25) is 9.48 Å². The van der Waals surface area contributed by atoms with Crippen LogP contribution in [0.15, 0.2) is 35.3 Å². The molecule has 31 heavy (non-hydrogen) atoms. The summed E-state index contributed by atoms with van der Waals surface area (Å²) in [6, 6.07) is 9.02. The molecule has 7 nitrogen and oxygen atoms in total. The molecule has 1 aliphatic carbocycles. The van der Waals surface area contributed by atoms with Gasteiger partial charge in [0.25, 0.3) is 5.56 Å². The standard InChI is InChI=1S/C24H34N6O/c1-17-12-19(16-29(2)11-10-25)22(24(31)28-17)14-26-13-18-6-5-9-23-21(18)15-27-30(23)20-7-3-4-8-20/h5-6,9,12,15,20,26H,3-4,7-8,10-11,13-14,16,25H2,1-2H3,(H,28,31). The van der Waals surface area contributed by atoms with E-state index in [2.05, 4.69) is 44.1 Å². The number of nitrogens with zero attached hydrogens (tertiary/aromatic N) is 3. The Hall–Kier alpha value is -2.48. The molecule has 0 spiro atoms. The Bertz CT molecular complexity index is 1080. The predicted molar refractivity (Wildman–Crippen MR) is 125 cm³/mol. The maximum atomic E-state index is 12.7. The maximum absolute atomic E-state index is 12.7. The molecular formula is C24H34N6O. The first-order chi connectivity index (χ1) is 15.1. The molecule has 1 fully saturated rings. The molecule has 0 saturated heterocycles. The van der Waals surface area contributed by atoms with E-state index in [1.807, 2.05) is 20.2 Å². The largest absolute Gasteiger partial charge is 0.329 e. The summed E-state index contributed by atoms with van der Waals surface area (Å²) in [7, 11) is 2.03. The second-order valence-corrected chi connectivity index (χ2v) is 8.79. The summed E-state index contributed by atoms with van der Waals surface area (Å²) in [6.07, 6.45) is 7.02. The lowest BCUT2D eigenvalue weighted by atomic mass is 10.1. The minimum atomic E-state index is -0.0177. The van der Waals surface area contributed by atoms with Crippen molar-refractivity contribution in [2.75, 3.05) is 20.1 Å². The predicted octanol–water partition coefficient (Wildman–Crippen LogP) is 2.83. The van der Waals surface area contributed by atoms with Crippen LogP contribution >= 0.6 is 0 Å². The minimum absolute atomic E-state index is 0.0177. The van der Waals surface area contributed by atoms with Crippen LogP contribution in [0, 0.1) is 6.92 Å². The number of nitrogens with two attached hydrogens (primary N) is 1. The Labute approximate surface area is 183 Å². The molecule has 2 heterocycles. The Morgan fingerprint density at radius 1 is 1.26 bits per heavy atom. The third-order valence-electron chi connectivity index (χ3n) is 6.33. The summed E-state index contributed by atoms with van der Waals surface area (Å²) < 4.78 is 2.21. The second kappa shape index (κ2) is 9.77. The van der Waals surface area contributed by atoms with Crippen molar-refractivity contribution >= 4 is 10.9 Å². The van der Waals surface area contributed by atoms with Crippen LogP contribution in [0.3, 0.4) is 0 Å². The Morgan fingerprint density at radius 3 is 2.84 bits per heavy atom. The van der Waals surface area contributed by atoms with Gasteiger partial charge in [0, 0.05) is 49.4 Å². The lowest BCUT2D eigenvalue weighted by Gasteiger charge is -2.18. The van der Waals surface area contributed by atoms with Gasteiger partial charge in [-0.2, -0.15) is 5.10 Å². The van der Waals surface area contributed by atoms with E-state index in [1.165, 1.54) is 42.1 Å². The molecule has 0 aliphatic heterocycles. The van der Waals surface area contributed by atoms with Gasteiger partial charge in [-0.1, -0.05) is 25.0 Å². The first-order valence-electron chi connectivity index (χ1n) is 11.3.